The van der Waals surface area contributed by atoms with Gasteiger partial charge in [-0.25, -0.2) is 4.98 Å². The summed E-state index contributed by atoms with van der Waals surface area (Å²) < 4.78 is 0. The molecule has 3 N–H and O–H groups in total. The van der Waals surface area contributed by atoms with E-state index in [-0.39, 0.29) is 11.3 Å². The minimum Gasteiger partial charge on any atom is -0.330 e. The molecule has 1 aliphatic carbocycles. The number of nitrogens with two attached hydrogens (primary N) is 1. The van der Waals surface area contributed by atoms with Crippen LogP contribution in [0.5, 0.6) is 0 Å². The van der Waals surface area contributed by atoms with Crippen molar-refractivity contribution in [2.45, 2.75) is 25.7 Å². The summed E-state index contributed by atoms with van der Waals surface area (Å²) in [4.78, 5) is 15.8. The number of rotatable bonds is 4. The van der Waals surface area contributed by atoms with E-state index in [1.165, 1.54) is 6.42 Å². The first-order chi connectivity index (χ1) is 7.74. The lowest BCUT2D eigenvalue weighted by Gasteiger charge is -2.40. The third kappa shape index (κ3) is 2.39. The first-order valence-corrected chi connectivity index (χ1v) is 5.65. The molecule has 4 heteroatoms. The highest BCUT2D eigenvalue weighted by molar-refractivity contribution is 5.90. The molecule has 2 rings (SSSR count). The highest BCUT2D eigenvalue weighted by Crippen LogP contribution is 2.42. The van der Waals surface area contributed by atoms with Gasteiger partial charge >= 0.3 is 0 Å². The number of amides is 1. The Kier molecular flexibility index (Phi) is 3.19. The first kappa shape index (κ1) is 11.1. The number of hydrogen-bond donors (Lipinski definition) is 2. The van der Waals surface area contributed by atoms with Crippen molar-refractivity contribution >= 4 is 11.7 Å². The maximum Gasteiger partial charge on any atom is 0.226 e. The van der Waals surface area contributed by atoms with Crippen LogP contribution in [0.4, 0.5) is 5.82 Å². The monoisotopic (exact) mass is 219 g/mol. The molecule has 0 spiro atoms. The fraction of sp³-hybridized carbons (Fsp3) is 0.500. The second kappa shape index (κ2) is 4.61. The van der Waals surface area contributed by atoms with Gasteiger partial charge in [0.1, 0.15) is 5.82 Å². The molecule has 0 aromatic carbocycles. The molecule has 0 bridgehead atoms. The molecule has 1 aromatic heterocycles. The van der Waals surface area contributed by atoms with Crippen LogP contribution in [0, 0.1) is 5.41 Å². The van der Waals surface area contributed by atoms with Crippen LogP contribution in [-0.4, -0.2) is 17.4 Å². The van der Waals surface area contributed by atoms with E-state index in [0.717, 1.165) is 12.8 Å². The quantitative estimate of drug-likeness (QED) is 0.807. The molecule has 86 valence electrons. The average Bonchev–Trinajstić information content (AvgIpc) is 2.25. The van der Waals surface area contributed by atoms with Gasteiger partial charge in [-0.05, 0) is 36.9 Å². The lowest BCUT2D eigenvalue weighted by Crippen LogP contribution is -2.40. The Balaban J connectivity index is 1.89. The van der Waals surface area contributed by atoms with Gasteiger partial charge in [0.15, 0.2) is 0 Å². The Bertz CT molecular complexity index is 354. The summed E-state index contributed by atoms with van der Waals surface area (Å²) in [5.74, 6) is 0.628. The van der Waals surface area contributed by atoms with Crippen molar-refractivity contribution in [3.05, 3.63) is 24.4 Å². The molecule has 16 heavy (non-hydrogen) atoms. The van der Waals surface area contributed by atoms with Gasteiger partial charge in [-0.2, -0.15) is 0 Å². The second-order valence-electron chi connectivity index (χ2n) is 4.50. The van der Waals surface area contributed by atoms with Crippen LogP contribution in [-0.2, 0) is 4.79 Å². The number of carbonyl (C=O) groups excluding carboxylic acids is 1. The predicted molar refractivity (Wildman–Crippen MR) is 62.8 cm³/mol. The van der Waals surface area contributed by atoms with Gasteiger partial charge in [0.2, 0.25) is 5.91 Å². The van der Waals surface area contributed by atoms with E-state index in [0.29, 0.717) is 18.8 Å². The third-order valence-electron chi connectivity index (χ3n) is 3.32. The number of nitrogens with one attached hydrogen (secondary N) is 1. The summed E-state index contributed by atoms with van der Waals surface area (Å²) in [6, 6.07) is 5.46. The van der Waals surface area contributed by atoms with E-state index >= 15 is 0 Å². The molecule has 1 aliphatic rings. The topological polar surface area (TPSA) is 68.0 Å². The normalized spacial score (nSPS) is 17.6. The van der Waals surface area contributed by atoms with E-state index in [4.69, 9.17) is 5.73 Å². The average molecular weight is 219 g/mol. The molecule has 0 unspecified atom stereocenters. The smallest absolute Gasteiger partial charge is 0.226 e. The number of carbonyl (C=O) groups is 1. The first-order valence-electron chi connectivity index (χ1n) is 5.65. The minimum atomic E-state index is 0.0175. The molecule has 0 saturated heterocycles. The van der Waals surface area contributed by atoms with Crippen LogP contribution in [0.25, 0.3) is 0 Å². The molecule has 0 radical (unpaired) electrons. The third-order valence-corrected chi connectivity index (χ3v) is 3.32. The molecular formula is C12H17N3O. The van der Waals surface area contributed by atoms with Crippen LogP contribution in [0.1, 0.15) is 25.7 Å². The van der Waals surface area contributed by atoms with E-state index in [1.807, 2.05) is 12.1 Å². The lowest BCUT2D eigenvalue weighted by atomic mass is 9.66. The minimum absolute atomic E-state index is 0.0175. The fourth-order valence-electron chi connectivity index (χ4n) is 2.09. The summed E-state index contributed by atoms with van der Waals surface area (Å²) in [5.41, 5.74) is 5.77. The molecular weight excluding hydrogens is 202 g/mol. The molecule has 1 aromatic rings. The van der Waals surface area contributed by atoms with Gasteiger partial charge in [0, 0.05) is 12.6 Å². The van der Waals surface area contributed by atoms with Crippen molar-refractivity contribution in [2.75, 3.05) is 11.9 Å². The largest absolute Gasteiger partial charge is 0.330 e. The summed E-state index contributed by atoms with van der Waals surface area (Å²) in [6.45, 7) is 0.600. The van der Waals surface area contributed by atoms with E-state index < -0.39 is 0 Å². The summed E-state index contributed by atoms with van der Waals surface area (Å²) in [5, 5.41) is 2.79. The highest BCUT2D eigenvalue weighted by atomic mass is 16.1. The maximum absolute atomic E-state index is 11.8. The predicted octanol–water partition coefficient (Wildman–Crippen LogP) is 1.54. The van der Waals surface area contributed by atoms with Crippen molar-refractivity contribution in [2.24, 2.45) is 11.1 Å². The van der Waals surface area contributed by atoms with Crippen molar-refractivity contribution in [1.82, 2.24) is 4.98 Å². The Hall–Kier alpha value is -1.42. The molecule has 0 aliphatic heterocycles. The summed E-state index contributed by atoms with van der Waals surface area (Å²) in [7, 11) is 0. The zero-order chi connectivity index (χ0) is 11.4. The second-order valence-corrected chi connectivity index (χ2v) is 4.50. The van der Waals surface area contributed by atoms with Crippen LogP contribution >= 0.6 is 0 Å². The zero-order valence-corrected chi connectivity index (χ0v) is 9.28. The van der Waals surface area contributed by atoms with E-state index in [2.05, 4.69) is 10.3 Å². The Morgan fingerprint density at radius 3 is 2.81 bits per heavy atom. The number of aromatic nitrogens is 1. The van der Waals surface area contributed by atoms with Crippen molar-refractivity contribution < 1.29 is 4.79 Å². The maximum atomic E-state index is 11.8. The van der Waals surface area contributed by atoms with Crippen LogP contribution in [0.3, 0.4) is 0 Å². The van der Waals surface area contributed by atoms with Gasteiger partial charge in [-0.15, -0.1) is 0 Å². The van der Waals surface area contributed by atoms with E-state index in [1.54, 1.807) is 12.3 Å². The lowest BCUT2D eigenvalue weighted by molar-refractivity contribution is -0.119. The van der Waals surface area contributed by atoms with Gasteiger partial charge in [-0.3, -0.25) is 4.79 Å². The van der Waals surface area contributed by atoms with Crippen LogP contribution in [0.15, 0.2) is 24.4 Å². The Labute approximate surface area is 95.3 Å². The van der Waals surface area contributed by atoms with Gasteiger partial charge in [0.25, 0.3) is 0 Å². The van der Waals surface area contributed by atoms with Crippen molar-refractivity contribution in [3.8, 4) is 0 Å². The summed E-state index contributed by atoms with van der Waals surface area (Å²) in [6.07, 6.45) is 5.50. The van der Waals surface area contributed by atoms with Crippen LogP contribution in [0.2, 0.25) is 0 Å². The summed E-state index contributed by atoms with van der Waals surface area (Å²) >= 11 is 0. The Morgan fingerprint density at radius 1 is 1.50 bits per heavy atom. The fourth-order valence-corrected chi connectivity index (χ4v) is 2.09. The number of nitrogens with zero attached hydrogens (tertiary/aromatic N) is 1. The number of pyridine rings is 1. The Morgan fingerprint density at radius 2 is 2.31 bits per heavy atom. The zero-order valence-electron chi connectivity index (χ0n) is 9.28. The molecule has 1 fully saturated rings. The standard InChI is InChI=1S/C12H17N3O/c13-9-12(5-3-6-12)8-11(16)15-10-4-1-2-7-14-10/h1-2,4,7H,3,5-6,8-9,13H2,(H,14,15,16). The van der Waals surface area contributed by atoms with E-state index in [9.17, 15) is 4.79 Å². The van der Waals surface area contributed by atoms with Crippen molar-refractivity contribution in [3.63, 3.8) is 0 Å². The highest BCUT2D eigenvalue weighted by Gasteiger charge is 2.37. The number of hydrogen-bond acceptors (Lipinski definition) is 3. The molecule has 1 amide bonds. The molecule has 1 heterocycles. The molecule has 1 saturated carbocycles. The van der Waals surface area contributed by atoms with Crippen LogP contribution < -0.4 is 11.1 Å². The number of anilines is 1. The SMILES string of the molecule is NCC1(CC(=O)Nc2ccccn2)CCC1. The molecule has 4 nitrogen and oxygen atoms in total. The van der Waals surface area contributed by atoms with Gasteiger partial charge in [0.05, 0.1) is 0 Å². The van der Waals surface area contributed by atoms with Crippen molar-refractivity contribution in [1.29, 1.82) is 0 Å². The molecule has 0 atom stereocenters. The van der Waals surface area contributed by atoms with Gasteiger partial charge in [-0.1, -0.05) is 12.5 Å². The van der Waals surface area contributed by atoms with Gasteiger partial charge < -0.3 is 11.1 Å².